The van der Waals surface area contributed by atoms with Crippen LogP contribution in [0.4, 0.5) is 0 Å². The van der Waals surface area contributed by atoms with Crippen molar-refractivity contribution in [2.24, 2.45) is 0 Å². The van der Waals surface area contributed by atoms with Crippen LogP contribution in [0.1, 0.15) is 38.6 Å². The van der Waals surface area contributed by atoms with Gasteiger partial charge in [0.25, 0.3) is 0 Å². The van der Waals surface area contributed by atoms with Crippen molar-refractivity contribution in [3.8, 4) is 10.6 Å². The van der Waals surface area contributed by atoms with E-state index in [0.29, 0.717) is 0 Å². The van der Waals surface area contributed by atoms with Gasteiger partial charge in [-0.3, -0.25) is 4.98 Å². The number of rotatable bonds is 4. The van der Waals surface area contributed by atoms with Gasteiger partial charge in [-0.15, -0.1) is 11.3 Å². The molecule has 2 aromatic rings. The molecule has 2 aromatic heterocycles. The van der Waals surface area contributed by atoms with Gasteiger partial charge in [-0.2, -0.15) is 0 Å². The Balaban J connectivity index is 2.11. The largest absolute Gasteiger partial charge is 0.264 e. The van der Waals surface area contributed by atoms with Gasteiger partial charge in [0.15, 0.2) is 0 Å². The minimum Gasteiger partial charge on any atom is -0.264 e. The highest BCUT2D eigenvalue weighted by atomic mass is 32.2. The molecule has 0 aliphatic rings. The number of thiazole rings is 1. The molecule has 2 atom stereocenters. The lowest BCUT2D eigenvalue weighted by Gasteiger charge is -2.21. The van der Waals surface area contributed by atoms with Gasteiger partial charge in [0.05, 0.1) is 21.8 Å². The monoisotopic (exact) mass is 309 g/mol. The van der Waals surface area contributed by atoms with E-state index in [4.69, 9.17) is 0 Å². The van der Waals surface area contributed by atoms with E-state index < -0.39 is 11.0 Å². The van der Waals surface area contributed by atoms with Crippen LogP contribution in [0.2, 0.25) is 0 Å². The van der Waals surface area contributed by atoms with E-state index >= 15 is 0 Å². The lowest BCUT2D eigenvalue weighted by Crippen LogP contribution is -2.34. The van der Waals surface area contributed by atoms with Crippen LogP contribution in [0.15, 0.2) is 30.7 Å². The van der Waals surface area contributed by atoms with Gasteiger partial charge in [-0.1, -0.05) is 0 Å². The zero-order valence-corrected chi connectivity index (χ0v) is 13.7. The summed E-state index contributed by atoms with van der Waals surface area (Å²) in [5, 5.41) is 0.934. The van der Waals surface area contributed by atoms with Crippen LogP contribution in [-0.4, -0.2) is 18.9 Å². The van der Waals surface area contributed by atoms with Gasteiger partial charge in [0.1, 0.15) is 5.01 Å². The number of hydrogen-bond donors (Lipinski definition) is 1. The van der Waals surface area contributed by atoms with E-state index in [9.17, 15) is 4.21 Å². The van der Waals surface area contributed by atoms with Crippen molar-refractivity contribution in [1.82, 2.24) is 14.7 Å². The Morgan fingerprint density at radius 2 is 2.10 bits per heavy atom. The molecular weight excluding hydrogens is 290 g/mol. The molecule has 0 unspecified atom stereocenters. The molecule has 20 heavy (non-hydrogen) atoms. The summed E-state index contributed by atoms with van der Waals surface area (Å²) in [6, 6.07) is 3.89. The third-order valence-electron chi connectivity index (χ3n) is 2.70. The van der Waals surface area contributed by atoms with Crippen molar-refractivity contribution in [2.75, 3.05) is 0 Å². The van der Waals surface area contributed by atoms with Gasteiger partial charge < -0.3 is 0 Å². The number of pyridine rings is 1. The van der Waals surface area contributed by atoms with Crippen LogP contribution in [0.5, 0.6) is 0 Å². The predicted octanol–water partition coefficient (Wildman–Crippen LogP) is 3.32. The quantitative estimate of drug-likeness (QED) is 0.942. The van der Waals surface area contributed by atoms with Crippen LogP contribution in [0, 0.1) is 0 Å². The number of hydrogen-bond acceptors (Lipinski definition) is 4. The van der Waals surface area contributed by atoms with Gasteiger partial charge in [0.2, 0.25) is 0 Å². The second kappa shape index (κ2) is 6.11. The minimum absolute atomic E-state index is 0.0120. The summed E-state index contributed by atoms with van der Waals surface area (Å²) in [6.07, 6.45) is 5.38. The third-order valence-corrected chi connectivity index (χ3v) is 5.61. The number of aromatic nitrogens is 2. The molecule has 0 radical (unpaired) electrons. The second-order valence-corrected chi connectivity index (χ2v) is 8.59. The van der Waals surface area contributed by atoms with E-state index in [0.717, 1.165) is 15.4 Å². The first-order valence-corrected chi connectivity index (χ1v) is 8.39. The Morgan fingerprint density at radius 1 is 1.35 bits per heavy atom. The van der Waals surface area contributed by atoms with Crippen LogP contribution in [0.3, 0.4) is 0 Å². The fraction of sp³-hybridized carbons (Fsp3) is 0.429. The topological polar surface area (TPSA) is 54.9 Å². The van der Waals surface area contributed by atoms with Crippen molar-refractivity contribution >= 4 is 22.3 Å². The molecule has 0 bridgehead atoms. The van der Waals surface area contributed by atoms with Crippen molar-refractivity contribution in [3.63, 3.8) is 0 Å². The van der Waals surface area contributed by atoms with Crippen LogP contribution in [0.25, 0.3) is 10.6 Å². The Bertz CT molecular complexity index is 590. The second-order valence-electron chi connectivity index (χ2n) is 5.53. The number of nitrogens with one attached hydrogen (secondary N) is 1. The molecule has 2 rings (SSSR count). The molecule has 0 saturated heterocycles. The first kappa shape index (κ1) is 15.3. The maximum Gasteiger partial charge on any atom is 0.125 e. The van der Waals surface area contributed by atoms with E-state index in [-0.39, 0.29) is 10.8 Å². The van der Waals surface area contributed by atoms with E-state index in [2.05, 4.69) is 14.7 Å². The van der Waals surface area contributed by atoms with Crippen molar-refractivity contribution in [3.05, 3.63) is 35.6 Å². The molecule has 0 aliphatic heterocycles. The molecular formula is C14H19N3OS2. The molecule has 0 fully saturated rings. The fourth-order valence-corrected chi connectivity index (χ4v) is 3.29. The van der Waals surface area contributed by atoms with Crippen molar-refractivity contribution < 1.29 is 4.21 Å². The zero-order valence-electron chi connectivity index (χ0n) is 12.1. The SMILES string of the molecule is C[C@H](N[S@](=O)C(C)(C)C)c1cnc(-c2cccnc2)s1. The maximum absolute atomic E-state index is 12.1. The highest BCUT2D eigenvalue weighted by Gasteiger charge is 2.22. The van der Waals surface area contributed by atoms with Gasteiger partial charge in [-0.25, -0.2) is 13.9 Å². The maximum atomic E-state index is 12.1. The number of nitrogens with zero attached hydrogens (tertiary/aromatic N) is 2. The van der Waals surface area contributed by atoms with Crippen LogP contribution in [-0.2, 0) is 11.0 Å². The molecule has 0 aliphatic carbocycles. The standard InChI is InChI=1S/C14H19N3OS2/c1-10(17-20(18)14(2,3)4)12-9-16-13(19-12)11-6-5-7-15-8-11/h5-10,17H,1-4H3/t10-,20+/m0/s1. The Hall–Kier alpha value is -1.11. The summed E-state index contributed by atoms with van der Waals surface area (Å²) < 4.78 is 15.0. The van der Waals surface area contributed by atoms with E-state index in [1.165, 1.54) is 0 Å². The molecule has 0 amide bonds. The summed E-state index contributed by atoms with van der Waals surface area (Å²) in [5.74, 6) is 0. The van der Waals surface area contributed by atoms with E-state index in [1.54, 1.807) is 23.7 Å². The lowest BCUT2D eigenvalue weighted by atomic mass is 10.3. The molecule has 1 N–H and O–H groups in total. The first-order chi connectivity index (χ1) is 9.38. The Kier molecular flexibility index (Phi) is 4.67. The average Bonchev–Trinajstić information content (AvgIpc) is 2.88. The molecule has 108 valence electrons. The Labute approximate surface area is 126 Å². The summed E-state index contributed by atoms with van der Waals surface area (Å²) in [6.45, 7) is 7.87. The Morgan fingerprint density at radius 3 is 2.70 bits per heavy atom. The normalized spacial score (nSPS) is 15.0. The minimum atomic E-state index is -1.09. The molecule has 0 saturated carbocycles. The highest BCUT2D eigenvalue weighted by molar-refractivity contribution is 7.84. The summed E-state index contributed by atoms with van der Waals surface area (Å²) in [5.41, 5.74) is 1.01. The van der Waals surface area contributed by atoms with Gasteiger partial charge >= 0.3 is 0 Å². The van der Waals surface area contributed by atoms with Gasteiger partial charge in [-0.05, 0) is 39.8 Å². The van der Waals surface area contributed by atoms with Crippen LogP contribution >= 0.6 is 11.3 Å². The first-order valence-electron chi connectivity index (χ1n) is 6.42. The summed E-state index contributed by atoms with van der Waals surface area (Å²) >= 11 is 1.60. The zero-order chi connectivity index (χ0) is 14.8. The molecule has 6 heteroatoms. The molecule has 0 aromatic carbocycles. The third kappa shape index (κ3) is 3.71. The highest BCUT2D eigenvalue weighted by Crippen LogP contribution is 2.28. The lowest BCUT2D eigenvalue weighted by molar-refractivity contribution is 0.618. The van der Waals surface area contributed by atoms with E-state index in [1.807, 2.05) is 46.0 Å². The van der Waals surface area contributed by atoms with Crippen LogP contribution < -0.4 is 4.72 Å². The summed E-state index contributed by atoms with van der Waals surface area (Å²) in [4.78, 5) is 9.59. The van der Waals surface area contributed by atoms with Crippen molar-refractivity contribution in [2.45, 2.75) is 38.5 Å². The molecule has 2 heterocycles. The molecule has 4 nitrogen and oxygen atoms in total. The smallest absolute Gasteiger partial charge is 0.125 e. The summed E-state index contributed by atoms with van der Waals surface area (Å²) in [7, 11) is -1.09. The predicted molar refractivity (Wildman–Crippen MR) is 84.8 cm³/mol. The van der Waals surface area contributed by atoms with Gasteiger partial charge in [0, 0.05) is 29.0 Å². The van der Waals surface area contributed by atoms with Crippen molar-refractivity contribution in [1.29, 1.82) is 0 Å². The average molecular weight is 309 g/mol. The molecule has 0 spiro atoms. The fourth-order valence-electron chi connectivity index (χ4n) is 1.50.